The molecule has 1 unspecified atom stereocenters. The van der Waals surface area contributed by atoms with Gasteiger partial charge in [-0.3, -0.25) is 4.79 Å². The molecule has 0 spiro atoms. The molecule has 2 rings (SSSR count). The molecule has 1 saturated heterocycles. The molecule has 0 aromatic heterocycles. The van der Waals surface area contributed by atoms with Crippen LogP contribution < -0.4 is 0 Å². The van der Waals surface area contributed by atoms with E-state index in [2.05, 4.69) is 0 Å². The summed E-state index contributed by atoms with van der Waals surface area (Å²) in [5.74, 6) is -0.451. The van der Waals surface area contributed by atoms with E-state index >= 15 is 0 Å². The summed E-state index contributed by atoms with van der Waals surface area (Å²) in [6, 6.07) is 6.83. The van der Waals surface area contributed by atoms with Gasteiger partial charge in [0.15, 0.2) is 0 Å². The Balaban J connectivity index is 2.14. The lowest BCUT2D eigenvalue weighted by Crippen LogP contribution is -2.48. The van der Waals surface area contributed by atoms with Crippen LogP contribution >= 0.6 is 0 Å². The third-order valence-corrected chi connectivity index (χ3v) is 3.75. The minimum Gasteiger partial charge on any atom is -0.467 e. The molecule has 5 heteroatoms. The van der Waals surface area contributed by atoms with Crippen LogP contribution in [0.1, 0.15) is 35.2 Å². The third kappa shape index (κ3) is 3.61. The summed E-state index contributed by atoms with van der Waals surface area (Å²) in [7, 11) is 2.99. The number of benzene rings is 1. The van der Waals surface area contributed by atoms with E-state index in [4.69, 9.17) is 9.47 Å². The zero-order valence-corrected chi connectivity index (χ0v) is 12.5. The van der Waals surface area contributed by atoms with Gasteiger partial charge in [0.1, 0.15) is 6.04 Å². The van der Waals surface area contributed by atoms with Crippen molar-refractivity contribution in [3.05, 3.63) is 35.4 Å². The second-order valence-corrected chi connectivity index (χ2v) is 5.16. The molecule has 1 aromatic carbocycles. The SMILES string of the molecule is COCc1ccc(C(=O)N2CCCCC2C(=O)OC)cc1. The van der Waals surface area contributed by atoms with Gasteiger partial charge >= 0.3 is 5.97 Å². The van der Waals surface area contributed by atoms with Gasteiger partial charge in [0, 0.05) is 19.2 Å². The Morgan fingerprint density at radius 2 is 1.90 bits per heavy atom. The molecule has 0 N–H and O–H groups in total. The van der Waals surface area contributed by atoms with E-state index in [0.29, 0.717) is 25.1 Å². The summed E-state index contributed by atoms with van der Waals surface area (Å²) in [5.41, 5.74) is 1.60. The number of amides is 1. The molecule has 1 amide bonds. The van der Waals surface area contributed by atoms with Crippen molar-refractivity contribution in [3.63, 3.8) is 0 Å². The molecule has 0 aliphatic carbocycles. The summed E-state index contributed by atoms with van der Waals surface area (Å²) < 4.78 is 9.86. The second kappa shape index (κ2) is 7.22. The molecule has 1 aliphatic rings. The van der Waals surface area contributed by atoms with E-state index in [1.165, 1.54) is 7.11 Å². The van der Waals surface area contributed by atoms with Gasteiger partial charge in [0.05, 0.1) is 13.7 Å². The highest BCUT2D eigenvalue weighted by atomic mass is 16.5. The van der Waals surface area contributed by atoms with Crippen molar-refractivity contribution in [3.8, 4) is 0 Å². The predicted molar refractivity (Wildman–Crippen MR) is 77.8 cm³/mol. The van der Waals surface area contributed by atoms with Crippen LogP contribution in [0, 0.1) is 0 Å². The van der Waals surface area contributed by atoms with Crippen LogP contribution in [0.2, 0.25) is 0 Å². The number of esters is 1. The molecule has 5 nitrogen and oxygen atoms in total. The molecule has 1 fully saturated rings. The van der Waals surface area contributed by atoms with E-state index in [1.807, 2.05) is 12.1 Å². The summed E-state index contributed by atoms with van der Waals surface area (Å²) in [4.78, 5) is 26.0. The van der Waals surface area contributed by atoms with Gasteiger partial charge < -0.3 is 14.4 Å². The van der Waals surface area contributed by atoms with E-state index < -0.39 is 6.04 Å². The number of hydrogen-bond donors (Lipinski definition) is 0. The van der Waals surface area contributed by atoms with Crippen LogP contribution in [0.25, 0.3) is 0 Å². The highest BCUT2D eigenvalue weighted by molar-refractivity contribution is 5.97. The molecule has 0 saturated carbocycles. The number of hydrogen-bond acceptors (Lipinski definition) is 4. The zero-order valence-electron chi connectivity index (χ0n) is 12.5. The van der Waals surface area contributed by atoms with Crippen LogP contribution in [0.15, 0.2) is 24.3 Å². The molecule has 1 aliphatic heterocycles. The van der Waals surface area contributed by atoms with E-state index in [1.54, 1.807) is 24.1 Å². The first kappa shape index (κ1) is 15.5. The monoisotopic (exact) mass is 291 g/mol. The lowest BCUT2D eigenvalue weighted by atomic mass is 10.0. The summed E-state index contributed by atoms with van der Waals surface area (Å²) >= 11 is 0. The van der Waals surface area contributed by atoms with Gasteiger partial charge in [0.2, 0.25) is 0 Å². The fraction of sp³-hybridized carbons (Fsp3) is 0.500. The summed E-state index contributed by atoms with van der Waals surface area (Å²) in [6.07, 6.45) is 2.53. The van der Waals surface area contributed by atoms with E-state index in [9.17, 15) is 9.59 Å². The number of methoxy groups -OCH3 is 2. The predicted octanol–water partition coefficient (Wildman–Crippen LogP) is 2.00. The van der Waals surface area contributed by atoms with Crippen molar-refractivity contribution in [2.75, 3.05) is 20.8 Å². The Bertz CT molecular complexity index is 498. The summed E-state index contributed by atoms with van der Waals surface area (Å²) in [6.45, 7) is 1.11. The lowest BCUT2D eigenvalue weighted by molar-refractivity contribution is -0.147. The standard InChI is InChI=1S/C16H21NO4/c1-20-11-12-6-8-13(9-7-12)15(18)17-10-4-3-5-14(17)16(19)21-2/h6-9,14H,3-5,10-11H2,1-2H3. The van der Waals surface area contributed by atoms with Gasteiger partial charge in [-0.15, -0.1) is 0 Å². The lowest BCUT2D eigenvalue weighted by Gasteiger charge is -2.33. The zero-order chi connectivity index (χ0) is 15.2. The molecule has 0 radical (unpaired) electrons. The minimum atomic E-state index is -0.463. The smallest absolute Gasteiger partial charge is 0.328 e. The molecule has 1 heterocycles. The third-order valence-electron chi connectivity index (χ3n) is 3.75. The van der Waals surface area contributed by atoms with Gasteiger partial charge in [-0.05, 0) is 37.0 Å². The number of rotatable bonds is 4. The average Bonchev–Trinajstić information content (AvgIpc) is 2.54. The molecular formula is C16H21NO4. The largest absolute Gasteiger partial charge is 0.467 e. The molecule has 1 aromatic rings. The first-order chi connectivity index (χ1) is 10.2. The van der Waals surface area contributed by atoms with Crippen LogP contribution in [0.3, 0.4) is 0 Å². The van der Waals surface area contributed by atoms with Crippen LogP contribution in [0.5, 0.6) is 0 Å². The van der Waals surface area contributed by atoms with Gasteiger partial charge in [-0.2, -0.15) is 0 Å². The van der Waals surface area contributed by atoms with Crippen molar-refractivity contribution in [2.24, 2.45) is 0 Å². The Morgan fingerprint density at radius 3 is 2.52 bits per heavy atom. The highest BCUT2D eigenvalue weighted by Crippen LogP contribution is 2.21. The molecule has 1 atom stereocenters. The number of ether oxygens (including phenoxy) is 2. The Kier molecular flexibility index (Phi) is 5.33. The van der Waals surface area contributed by atoms with Crippen molar-refractivity contribution >= 4 is 11.9 Å². The molecule has 21 heavy (non-hydrogen) atoms. The average molecular weight is 291 g/mol. The number of nitrogens with zero attached hydrogens (tertiary/aromatic N) is 1. The molecule has 0 bridgehead atoms. The van der Waals surface area contributed by atoms with E-state index in [0.717, 1.165) is 18.4 Å². The Labute approximate surface area is 124 Å². The molecule has 114 valence electrons. The van der Waals surface area contributed by atoms with Crippen molar-refractivity contribution in [1.29, 1.82) is 0 Å². The van der Waals surface area contributed by atoms with Gasteiger partial charge in [0.25, 0.3) is 5.91 Å². The van der Waals surface area contributed by atoms with Crippen LogP contribution in [-0.2, 0) is 20.9 Å². The normalized spacial score (nSPS) is 18.4. The number of piperidine rings is 1. The second-order valence-electron chi connectivity index (χ2n) is 5.16. The number of carbonyl (C=O) groups excluding carboxylic acids is 2. The maximum absolute atomic E-state index is 12.6. The topological polar surface area (TPSA) is 55.8 Å². The quantitative estimate of drug-likeness (QED) is 0.796. The van der Waals surface area contributed by atoms with Crippen LogP contribution in [0.4, 0.5) is 0 Å². The summed E-state index contributed by atoms with van der Waals surface area (Å²) in [5, 5.41) is 0. The fourth-order valence-electron chi connectivity index (χ4n) is 2.63. The highest BCUT2D eigenvalue weighted by Gasteiger charge is 2.33. The van der Waals surface area contributed by atoms with Crippen molar-refractivity contribution in [2.45, 2.75) is 31.9 Å². The molecular weight excluding hydrogens is 270 g/mol. The van der Waals surface area contributed by atoms with Crippen molar-refractivity contribution < 1.29 is 19.1 Å². The van der Waals surface area contributed by atoms with Gasteiger partial charge in [-0.25, -0.2) is 4.79 Å². The number of likely N-dealkylation sites (tertiary alicyclic amines) is 1. The van der Waals surface area contributed by atoms with Gasteiger partial charge in [-0.1, -0.05) is 12.1 Å². The first-order valence-corrected chi connectivity index (χ1v) is 7.14. The Hall–Kier alpha value is -1.88. The van der Waals surface area contributed by atoms with E-state index in [-0.39, 0.29) is 11.9 Å². The maximum atomic E-state index is 12.6. The Morgan fingerprint density at radius 1 is 1.19 bits per heavy atom. The number of carbonyl (C=O) groups is 2. The maximum Gasteiger partial charge on any atom is 0.328 e. The minimum absolute atomic E-state index is 0.117. The first-order valence-electron chi connectivity index (χ1n) is 7.14. The fourth-order valence-corrected chi connectivity index (χ4v) is 2.63. The van der Waals surface area contributed by atoms with Crippen molar-refractivity contribution in [1.82, 2.24) is 4.90 Å². The van der Waals surface area contributed by atoms with Crippen LogP contribution in [-0.4, -0.2) is 43.6 Å².